The molecule has 2 N–H and O–H groups in total. The van der Waals surface area contributed by atoms with Crippen LogP contribution >= 0.6 is 17.0 Å². The van der Waals surface area contributed by atoms with Gasteiger partial charge >= 0.3 is 0 Å². The van der Waals surface area contributed by atoms with Gasteiger partial charge < -0.3 is 10.6 Å². The summed E-state index contributed by atoms with van der Waals surface area (Å²) in [6, 6.07) is 8.47. The summed E-state index contributed by atoms with van der Waals surface area (Å²) < 4.78 is 0. The number of aryl methyl sites for hydroxylation is 1. The minimum atomic E-state index is 0. The Morgan fingerprint density at radius 3 is 2.06 bits per heavy atom. The predicted molar refractivity (Wildman–Crippen MR) is 80.0 cm³/mol. The number of rotatable bonds is 4. The first-order valence-corrected chi connectivity index (χ1v) is 5.84. The maximum absolute atomic E-state index is 4.50. The zero-order valence-corrected chi connectivity index (χ0v) is 12.5. The summed E-state index contributed by atoms with van der Waals surface area (Å²) in [6.07, 6.45) is 0. The van der Waals surface area contributed by atoms with Crippen LogP contribution in [0.15, 0.2) is 29.3 Å². The Labute approximate surface area is 114 Å². The molecule has 0 amide bonds. The largest absolute Gasteiger partial charge is 0.357 e. The molecule has 0 aliphatic heterocycles. The topological polar surface area (TPSA) is 36.4 Å². The van der Waals surface area contributed by atoms with Crippen molar-refractivity contribution in [1.29, 1.82) is 0 Å². The lowest BCUT2D eigenvalue weighted by Crippen LogP contribution is -2.36. The van der Waals surface area contributed by atoms with E-state index in [1.807, 2.05) is 0 Å². The molecule has 0 heterocycles. The van der Waals surface area contributed by atoms with Gasteiger partial charge in [0.15, 0.2) is 5.96 Å². The van der Waals surface area contributed by atoms with E-state index in [4.69, 9.17) is 0 Å². The fraction of sp³-hybridized carbons (Fsp3) is 0.462. The van der Waals surface area contributed by atoms with Crippen molar-refractivity contribution < 1.29 is 0 Å². The van der Waals surface area contributed by atoms with E-state index in [1.165, 1.54) is 11.1 Å². The number of hydrogen-bond acceptors (Lipinski definition) is 1. The molecule has 1 rings (SSSR count). The molecule has 0 saturated carbocycles. The Morgan fingerprint density at radius 1 is 1.06 bits per heavy atom. The lowest BCUT2D eigenvalue weighted by molar-refractivity contribution is 0.839. The first kappa shape index (κ1) is 16.0. The van der Waals surface area contributed by atoms with Crippen LogP contribution < -0.4 is 10.6 Å². The highest BCUT2D eigenvalue weighted by Crippen LogP contribution is 2.04. The second-order valence-electron chi connectivity index (χ2n) is 3.71. The SMILES string of the molecule is Br.CCNC(=NCc1ccc(C)cc1)NCC. The van der Waals surface area contributed by atoms with Crippen molar-refractivity contribution in [3.05, 3.63) is 35.4 Å². The van der Waals surface area contributed by atoms with Crippen LogP contribution in [0.1, 0.15) is 25.0 Å². The third-order valence-electron chi connectivity index (χ3n) is 2.23. The minimum Gasteiger partial charge on any atom is -0.357 e. The minimum absolute atomic E-state index is 0. The molecule has 0 aromatic heterocycles. The van der Waals surface area contributed by atoms with Gasteiger partial charge in [-0.2, -0.15) is 0 Å². The Kier molecular flexibility index (Phi) is 8.50. The first-order valence-electron chi connectivity index (χ1n) is 5.84. The zero-order chi connectivity index (χ0) is 11.8. The fourth-order valence-corrected chi connectivity index (χ4v) is 1.37. The third-order valence-corrected chi connectivity index (χ3v) is 2.23. The number of nitrogens with one attached hydrogen (secondary N) is 2. The maximum atomic E-state index is 4.50. The van der Waals surface area contributed by atoms with Gasteiger partial charge in [0.2, 0.25) is 0 Å². The molecule has 1 aromatic carbocycles. The monoisotopic (exact) mass is 299 g/mol. The van der Waals surface area contributed by atoms with Crippen molar-refractivity contribution in [2.24, 2.45) is 4.99 Å². The molecule has 0 aliphatic carbocycles. The van der Waals surface area contributed by atoms with Crippen LogP contribution in [0.5, 0.6) is 0 Å². The highest BCUT2D eigenvalue weighted by Gasteiger charge is 1.95. The van der Waals surface area contributed by atoms with Crippen molar-refractivity contribution in [1.82, 2.24) is 10.6 Å². The van der Waals surface area contributed by atoms with Gasteiger partial charge in [-0.25, -0.2) is 4.99 Å². The van der Waals surface area contributed by atoms with Crippen LogP contribution in [-0.2, 0) is 6.54 Å². The molecular weight excluding hydrogens is 278 g/mol. The molecule has 3 nitrogen and oxygen atoms in total. The van der Waals surface area contributed by atoms with Gasteiger partial charge in [0.05, 0.1) is 6.54 Å². The molecule has 0 radical (unpaired) electrons. The van der Waals surface area contributed by atoms with E-state index in [2.05, 4.69) is 60.7 Å². The second-order valence-corrected chi connectivity index (χ2v) is 3.71. The summed E-state index contributed by atoms with van der Waals surface area (Å²) in [7, 11) is 0. The molecule has 0 saturated heterocycles. The predicted octanol–water partition coefficient (Wildman–Crippen LogP) is 2.65. The average Bonchev–Trinajstić information content (AvgIpc) is 2.29. The molecule has 0 bridgehead atoms. The quantitative estimate of drug-likeness (QED) is 0.662. The molecule has 0 atom stereocenters. The number of halogens is 1. The van der Waals surface area contributed by atoms with Crippen LogP contribution in [0.2, 0.25) is 0 Å². The van der Waals surface area contributed by atoms with E-state index >= 15 is 0 Å². The van der Waals surface area contributed by atoms with Crippen molar-refractivity contribution in [3.63, 3.8) is 0 Å². The van der Waals surface area contributed by atoms with Gasteiger partial charge in [0.25, 0.3) is 0 Å². The Bertz CT molecular complexity index is 325. The lowest BCUT2D eigenvalue weighted by Gasteiger charge is -2.09. The smallest absolute Gasteiger partial charge is 0.191 e. The summed E-state index contributed by atoms with van der Waals surface area (Å²) in [6.45, 7) is 8.72. The second kappa shape index (κ2) is 9.05. The Morgan fingerprint density at radius 2 is 1.59 bits per heavy atom. The van der Waals surface area contributed by atoms with Crippen molar-refractivity contribution in [2.75, 3.05) is 13.1 Å². The normalized spacial score (nSPS) is 9.12. The van der Waals surface area contributed by atoms with Crippen LogP contribution in [0, 0.1) is 6.92 Å². The molecule has 1 aromatic rings. The maximum Gasteiger partial charge on any atom is 0.191 e. The van der Waals surface area contributed by atoms with Gasteiger partial charge in [-0.15, -0.1) is 17.0 Å². The van der Waals surface area contributed by atoms with Gasteiger partial charge in [0.1, 0.15) is 0 Å². The van der Waals surface area contributed by atoms with Gasteiger partial charge in [0, 0.05) is 13.1 Å². The van der Waals surface area contributed by atoms with E-state index < -0.39 is 0 Å². The van der Waals surface area contributed by atoms with Crippen molar-refractivity contribution in [3.8, 4) is 0 Å². The molecule has 0 fully saturated rings. The Balaban J connectivity index is 0.00000256. The van der Waals surface area contributed by atoms with Gasteiger partial charge in [-0.3, -0.25) is 0 Å². The molecule has 96 valence electrons. The van der Waals surface area contributed by atoms with E-state index in [1.54, 1.807) is 0 Å². The highest BCUT2D eigenvalue weighted by molar-refractivity contribution is 8.93. The number of benzene rings is 1. The molecular formula is C13H22BrN3. The summed E-state index contributed by atoms with van der Waals surface area (Å²) in [4.78, 5) is 4.50. The first-order chi connectivity index (χ1) is 7.76. The number of nitrogens with zero attached hydrogens (tertiary/aromatic N) is 1. The van der Waals surface area contributed by atoms with Crippen molar-refractivity contribution >= 4 is 22.9 Å². The van der Waals surface area contributed by atoms with Gasteiger partial charge in [-0.05, 0) is 26.3 Å². The average molecular weight is 300 g/mol. The third kappa shape index (κ3) is 6.31. The lowest BCUT2D eigenvalue weighted by atomic mass is 10.1. The summed E-state index contributed by atoms with van der Waals surface area (Å²) in [5.41, 5.74) is 2.52. The molecule has 4 heteroatoms. The molecule has 17 heavy (non-hydrogen) atoms. The summed E-state index contributed by atoms with van der Waals surface area (Å²) in [5.74, 6) is 0.880. The summed E-state index contributed by atoms with van der Waals surface area (Å²) in [5, 5.41) is 6.41. The van der Waals surface area contributed by atoms with E-state index in [-0.39, 0.29) is 17.0 Å². The van der Waals surface area contributed by atoms with Gasteiger partial charge in [-0.1, -0.05) is 29.8 Å². The van der Waals surface area contributed by atoms with E-state index in [0.717, 1.165) is 25.6 Å². The van der Waals surface area contributed by atoms with Crippen LogP contribution in [0.3, 0.4) is 0 Å². The van der Waals surface area contributed by atoms with Crippen LogP contribution in [0.4, 0.5) is 0 Å². The molecule has 0 unspecified atom stereocenters. The number of aliphatic imine (C=N–C) groups is 1. The van der Waals surface area contributed by atoms with Crippen LogP contribution in [-0.4, -0.2) is 19.0 Å². The number of guanidine groups is 1. The number of hydrogen-bond donors (Lipinski definition) is 2. The van der Waals surface area contributed by atoms with E-state index in [9.17, 15) is 0 Å². The fourth-order valence-electron chi connectivity index (χ4n) is 1.37. The molecule has 0 aliphatic rings. The highest BCUT2D eigenvalue weighted by atomic mass is 79.9. The Hall–Kier alpha value is -1.03. The zero-order valence-electron chi connectivity index (χ0n) is 10.8. The molecule has 0 spiro atoms. The van der Waals surface area contributed by atoms with Crippen molar-refractivity contribution in [2.45, 2.75) is 27.3 Å². The van der Waals surface area contributed by atoms with Crippen LogP contribution in [0.25, 0.3) is 0 Å². The van der Waals surface area contributed by atoms with E-state index in [0.29, 0.717) is 0 Å². The standard InChI is InChI=1S/C13H21N3.BrH/c1-4-14-13(15-5-2)16-10-12-8-6-11(3)7-9-12;/h6-9H,4-5,10H2,1-3H3,(H2,14,15,16);1H. The summed E-state index contributed by atoms with van der Waals surface area (Å²) >= 11 is 0.